The largest absolute Gasteiger partial charge is 0.334 e. The van der Waals surface area contributed by atoms with Gasteiger partial charge in [0.1, 0.15) is 5.82 Å². The number of carbonyl (C=O) groups excluding carboxylic acids is 1. The van der Waals surface area contributed by atoms with E-state index in [1.807, 2.05) is 16.7 Å². The van der Waals surface area contributed by atoms with Gasteiger partial charge in [0.05, 0.1) is 0 Å². The maximum atomic E-state index is 12.8. The van der Waals surface area contributed by atoms with Gasteiger partial charge in [0, 0.05) is 29.2 Å². The van der Waals surface area contributed by atoms with Crippen molar-refractivity contribution in [1.29, 1.82) is 0 Å². The molecule has 1 heterocycles. The molecule has 2 rings (SSSR count). The molecule has 0 N–H and O–H groups in total. The number of benzene rings is 1. The van der Waals surface area contributed by atoms with Gasteiger partial charge >= 0.3 is 0 Å². The third kappa shape index (κ3) is 2.63. The van der Waals surface area contributed by atoms with E-state index in [2.05, 4.69) is 13.8 Å². The maximum Gasteiger partial charge on any atom is 0.254 e. The van der Waals surface area contributed by atoms with Crippen molar-refractivity contribution in [2.45, 2.75) is 25.1 Å². The van der Waals surface area contributed by atoms with Crippen LogP contribution in [0.25, 0.3) is 0 Å². The molecule has 4 heteroatoms. The fourth-order valence-electron chi connectivity index (χ4n) is 1.98. The highest BCUT2D eigenvalue weighted by atomic mass is 32.2. The molecule has 0 aromatic heterocycles. The van der Waals surface area contributed by atoms with E-state index in [1.165, 1.54) is 12.1 Å². The molecule has 0 bridgehead atoms. The average molecular weight is 253 g/mol. The quantitative estimate of drug-likeness (QED) is 0.767. The summed E-state index contributed by atoms with van der Waals surface area (Å²) in [6.07, 6.45) is 0. The molecule has 0 saturated carbocycles. The fraction of sp³-hybridized carbons (Fsp3) is 0.462. The number of hydrogen-bond donors (Lipinski definition) is 0. The first-order chi connectivity index (χ1) is 8.09. The first-order valence-corrected chi connectivity index (χ1v) is 6.82. The minimum atomic E-state index is -0.308. The molecule has 2 nitrogen and oxygen atoms in total. The Morgan fingerprint density at radius 2 is 2.00 bits per heavy atom. The molecular formula is C13H16FNOS. The number of hydrogen-bond acceptors (Lipinski definition) is 2. The molecule has 92 valence electrons. The van der Waals surface area contributed by atoms with Gasteiger partial charge in [-0.1, -0.05) is 6.92 Å². The molecule has 17 heavy (non-hydrogen) atoms. The van der Waals surface area contributed by atoms with Crippen LogP contribution in [0.3, 0.4) is 0 Å². The fourth-order valence-corrected chi connectivity index (χ4v) is 3.08. The first-order valence-electron chi connectivity index (χ1n) is 5.77. The van der Waals surface area contributed by atoms with E-state index in [9.17, 15) is 9.18 Å². The van der Waals surface area contributed by atoms with Crippen LogP contribution in [-0.2, 0) is 0 Å². The van der Waals surface area contributed by atoms with Gasteiger partial charge in [-0.25, -0.2) is 4.39 Å². The molecule has 1 aliphatic rings. The van der Waals surface area contributed by atoms with Crippen molar-refractivity contribution in [3.05, 3.63) is 35.6 Å². The Morgan fingerprint density at radius 1 is 1.35 bits per heavy atom. The van der Waals surface area contributed by atoms with Gasteiger partial charge in [-0.2, -0.15) is 11.8 Å². The highest BCUT2D eigenvalue weighted by Gasteiger charge is 2.29. The van der Waals surface area contributed by atoms with Crippen molar-refractivity contribution in [2.75, 3.05) is 12.3 Å². The summed E-state index contributed by atoms with van der Waals surface area (Å²) in [5.74, 6) is 0.667. The van der Waals surface area contributed by atoms with Crippen LogP contribution in [0.1, 0.15) is 24.2 Å². The average Bonchev–Trinajstić information content (AvgIpc) is 2.33. The maximum absolute atomic E-state index is 12.8. The van der Waals surface area contributed by atoms with Crippen LogP contribution in [0.4, 0.5) is 4.39 Å². The van der Waals surface area contributed by atoms with Crippen LogP contribution >= 0.6 is 11.8 Å². The predicted molar refractivity (Wildman–Crippen MR) is 68.8 cm³/mol. The van der Waals surface area contributed by atoms with Gasteiger partial charge in [-0.05, 0) is 31.2 Å². The monoisotopic (exact) mass is 253 g/mol. The van der Waals surface area contributed by atoms with E-state index in [-0.39, 0.29) is 17.8 Å². The van der Waals surface area contributed by atoms with E-state index in [0.29, 0.717) is 10.8 Å². The summed E-state index contributed by atoms with van der Waals surface area (Å²) in [6, 6.07) is 6.00. The van der Waals surface area contributed by atoms with Gasteiger partial charge < -0.3 is 4.90 Å². The van der Waals surface area contributed by atoms with Gasteiger partial charge in [-0.3, -0.25) is 4.79 Å². The summed E-state index contributed by atoms with van der Waals surface area (Å²) in [6.45, 7) is 4.98. The number of rotatable bonds is 1. The lowest BCUT2D eigenvalue weighted by Crippen LogP contribution is -2.47. The summed E-state index contributed by atoms with van der Waals surface area (Å²) in [7, 11) is 0. The number of thioether (sulfide) groups is 1. The summed E-state index contributed by atoms with van der Waals surface area (Å²) >= 11 is 1.89. The molecule has 1 aromatic carbocycles. The molecule has 0 spiro atoms. The van der Waals surface area contributed by atoms with Gasteiger partial charge in [0.15, 0.2) is 0 Å². The molecule has 1 aromatic rings. The summed E-state index contributed by atoms with van der Waals surface area (Å²) in [4.78, 5) is 14.1. The molecule has 1 aliphatic heterocycles. The second kappa shape index (κ2) is 5.08. The summed E-state index contributed by atoms with van der Waals surface area (Å²) in [5, 5.41) is 0.452. The van der Waals surface area contributed by atoms with Crippen LogP contribution < -0.4 is 0 Å². The summed E-state index contributed by atoms with van der Waals surface area (Å²) < 4.78 is 12.8. The Balaban J connectivity index is 2.16. The number of nitrogens with zero attached hydrogens (tertiary/aromatic N) is 1. The van der Waals surface area contributed by atoms with Crippen molar-refractivity contribution >= 4 is 17.7 Å². The van der Waals surface area contributed by atoms with Crippen molar-refractivity contribution in [3.63, 3.8) is 0 Å². The molecule has 1 fully saturated rings. The Kier molecular flexibility index (Phi) is 3.72. The Bertz CT molecular complexity index is 406. The van der Waals surface area contributed by atoms with Crippen molar-refractivity contribution in [2.24, 2.45) is 0 Å². The topological polar surface area (TPSA) is 20.3 Å². The van der Waals surface area contributed by atoms with E-state index in [1.54, 1.807) is 12.1 Å². The lowest BCUT2D eigenvalue weighted by Gasteiger charge is -2.37. The molecule has 2 unspecified atom stereocenters. The molecule has 0 radical (unpaired) electrons. The zero-order valence-corrected chi connectivity index (χ0v) is 10.8. The van der Waals surface area contributed by atoms with E-state index in [0.717, 1.165) is 12.3 Å². The number of amides is 1. The van der Waals surface area contributed by atoms with Crippen LogP contribution in [-0.4, -0.2) is 34.4 Å². The van der Waals surface area contributed by atoms with Gasteiger partial charge in [-0.15, -0.1) is 0 Å². The van der Waals surface area contributed by atoms with Crippen LogP contribution in [0, 0.1) is 5.82 Å². The highest BCUT2D eigenvalue weighted by Crippen LogP contribution is 2.25. The third-order valence-corrected chi connectivity index (χ3v) is 4.57. The molecular weight excluding hydrogens is 237 g/mol. The van der Waals surface area contributed by atoms with E-state index >= 15 is 0 Å². The Labute approximate surface area is 105 Å². The van der Waals surface area contributed by atoms with Crippen molar-refractivity contribution < 1.29 is 9.18 Å². The van der Waals surface area contributed by atoms with Gasteiger partial charge in [0.2, 0.25) is 0 Å². The second-order valence-electron chi connectivity index (χ2n) is 4.32. The van der Waals surface area contributed by atoms with Crippen molar-refractivity contribution in [3.8, 4) is 0 Å². The molecule has 1 amide bonds. The molecule has 1 saturated heterocycles. The smallest absolute Gasteiger partial charge is 0.254 e. The normalized spacial score (nSPS) is 24.8. The second-order valence-corrected chi connectivity index (χ2v) is 5.81. The summed E-state index contributed by atoms with van der Waals surface area (Å²) in [5.41, 5.74) is 0.567. The van der Waals surface area contributed by atoms with Crippen LogP contribution in [0.15, 0.2) is 24.3 Å². The minimum absolute atomic E-state index is 0.00431. The molecule has 0 aliphatic carbocycles. The predicted octanol–water partition coefficient (Wildman–Crippen LogP) is 2.79. The lowest BCUT2D eigenvalue weighted by molar-refractivity contribution is 0.0698. The SMILES string of the molecule is CC1SCCN(C(=O)c2ccc(F)cc2)C1C. The standard InChI is InChI=1S/C13H16FNOS/c1-9-10(2)17-8-7-15(9)13(16)11-3-5-12(14)6-4-11/h3-6,9-10H,7-8H2,1-2H3. The Morgan fingerprint density at radius 3 is 2.65 bits per heavy atom. The van der Waals surface area contributed by atoms with E-state index < -0.39 is 0 Å². The van der Waals surface area contributed by atoms with Crippen LogP contribution in [0.5, 0.6) is 0 Å². The third-order valence-electron chi connectivity index (χ3n) is 3.24. The minimum Gasteiger partial charge on any atom is -0.334 e. The van der Waals surface area contributed by atoms with Gasteiger partial charge in [0.25, 0.3) is 5.91 Å². The lowest BCUT2D eigenvalue weighted by atomic mass is 10.1. The Hall–Kier alpha value is -1.03. The highest BCUT2D eigenvalue weighted by molar-refractivity contribution is 8.00. The zero-order valence-electron chi connectivity index (χ0n) is 10.0. The van der Waals surface area contributed by atoms with Crippen LogP contribution in [0.2, 0.25) is 0 Å². The molecule has 2 atom stereocenters. The number of carbonyl (C=O) groups is 1. The number of halogens is 1. The van der Waals surface area contributed by atoms with Crippen molar-refractivity contribution in [1.82, 2.24) is 4.90 Å². The first kappa shape index (κ1) is 12.4. The zero-order chi connectivity index (χ0) is 12.4. The van der Waals surface area contributed by atoms with E-state index in [4.69, 9.17) is 0 Å².